The summed E-state index contributed by atoms with van der Waals surface area (Å²) in [6.45, 7) is 4.55. The second-order valence-electron chi connectivity index (χ2n) is 10.1. The summed E-state index contributed by atoms with van der Waals surface area (Å²) in [5.41, 5.74) is -1.54. The molecule has 1 saturated heterocycles. The summed E-state index contributed by atoms with van der Waals surface area (Å²) in [5.74, 6) is -5.34. The maximum absolute atomic E-state index is 14.5. The van der Waals surface area contributed by atoms with Gasteiger partial charge in [-0.2, -0.15) is 5.10 Å². The Balaban J connectivity index is 1.40. The van der Waals surface area contributed by atoms with Crippen molar-refractivity contribution in [2.45, 2.75) is 44.4 Å². The zero-order valence-electron chi connectivity index (χ0n) is 21.6. The first-order valence-corrected chi connectivity index (χ1v) is 11.9. The van der Waals surface area contributed by atoms with Gasteiger partial charge in [0, 0.05) is 25.5 Å². The van der Waals surface area contributed by atoms with Crippen LogP contribution in [0.15, 0.2) is 47.2 Å². The van der Waals surface area contributed by atoms with Crippen molar-refractivity contribution in [2.24, 2.45) is 0 Å². The zero-order valence-corrected chi connectivity index (χ0v) is 21.6. The fourth-order valence-corrected chi connectivity index (χ4v) is 4.29. The van der Waals surface area contributed by atoms with Crippen LogP contribution in [-0.4, -0.2) is 76.0 Å². The summed E-state index contributed by atoms with van der Waals surface area (Å²) in [6.07, 6.45) is 3.29. The molecule has 39 heavy (non-hydrogen) atoms. The highest BCUT2D eigenvalue weighted by molar-refractivity contribution is 5.89. The molecule has 1 aliphatic rings. The number of aliphatic hydroxyl groups is 2. The van der Waals surface area contributed by atoms with Crippen molar-refractivity contribution in [2.75, 3.05) is 18.9 Å². The van der Waals surface area contributed by atoms with Crippen molar-refractivity contribution < 1.29 is 28.3 Å². The lowest BCUT2D eigenvalue weighted by molar-refractivity contribution is -0.179. The first kappa shape index (κ1) is 26.3. The van der Waals surface area contributed by atoms with Crippen LogP contribution < -0.4 is 5.32 Å². The number of rotatable bonds is 7. The first-order chi connectivity index (χ1) is 18.3. The van der Waals surface area contributed by atoms with Crippen LogP contribution in [0.5, 0.6) is 0 Å². The third kappa shape index (κ3) is 4.83. The van der Waals surface area contributed by atoms with Crippen molar-refractivity contribution in [3.8, 4) is 22.8 Å². The highest BCUT2D eigenvalue weighted by Gasteiger charge is 2.68. The van der Waals surface area contributed by atoms with Crippen molar-refractivity contribution in [3.63, 3.8) is 0 Å². The van der Waals surface area contributed by atoms with E-state index in [4.69, 9.17) is 4.52 Å². The lowest BCUT2D eigenvalue weighted by Crippen LogP contribution is -2.46. The number of nitrogens with zero attached hydrogens (tertiary/aromatic N) is 7. The molecule has 12 nitrogen and oxygen atoms in total. The van der Waals surface area contributed by atoms with E-state index < -0.39 is 35.3 Å². The van der Waals surface area contributed by atoms with Gasteiger partial charge in [0.15, 0.2) is 5.76 Å². The number of carbonyl (C=O) groups is 1. The van der Waals surface area contributed by atoms with Crippen molar-refractivity contribution >= 4 is 17.5 Å². The number of aromatic nitrogens is 6. The number of likely N-dealkylation sites (N-methyl/N-ethyl adjacent to an activating group) is 1. The number of likely N-dealkylation sites (tertiary alicyclic amines) is 1. The topological polar surface area (TPSA) is 155 Å². The molecular weight excluding hydrogens is 514 g/mol. The van der Waals surface area contributed by atoms with Gasteiger partial charge in [0.05, 0.1) is 47.2 Å². The standard InChI is InChI=1S/C25H26F2N8O4/c1-14-19(11-35(32-14)12-23(2,3)37)31-22-28-9-8-17(30-22)15-6-5-7-16(29-15)18-10-20(39-33-18)25(38)21(36)34(4)13-24(25,26)27/h5-11,37-38H,12-13H2,1-4H3,(H,28,30,31)/t25-/m1/s1. The van der Waals surface area contributed by atoms with Gasteiger partial charge in [0.2, 0.25) is 5.95 Å². The molecule has 0 spiro atoms. The van der Waals surface area contributed by atoms with Gasteiger partial charge in [-0.15, -0.1) is 0 Å². The smallest absolute Gasteiger partial charge is 0.309 e. The predicted octanol–water partition coefficient (Wildman–Crippen LogP) is 2.51. The van der Waals surface area contributed by atoms with E-state index in [1.54, 1.807) is 55.2 Å². The molecule has 0 aliphatic carbocycles. The lowest BCUT2D eigenvalue weighted by atomic mass is 9.95. The number of pyridine rings is 1. The minimum Gasteiger partial charge on any atom is -0.389 e. The van der Waals surface area contributed by atoms with E-state index in [0.29, 0.717) is 29.3 Å². The monoisotopic (exact) mass is 540 g/mol. The number of amides is 1. The predicted molar refractivity (Wildman–Crippen MR) is 134 cm³/mol. The Bertz CT molecular complexity index is 1550. The SMILES string of the molecule is Cc1nn(CC(C)(C)O)cc1Nc1nccc(-c2cccc(-c3cc([C@@]4(O)C(=O)N(C)CC4(F)F)on3)n2)n1. The number of nitrogens with one attached hydrogen (secondary N) is 1. The highest BCUT2D eigenvalue weighted by atomic mass is 19.3. The fourth-order valence-electron chi connectivity index (χ4n) is 4.29. The third-order valence-corrected chi connectivity index (χ3v) is 6.16. The number of hydrogen-bond acceptors (Lipinski definition) is 10. The molecule has 0 saturated carbocycles. The summed E-state index contributed by atoms with van der Waals surface area (Å²) in [7, 11) is 1.17. The molecule has 5 rings (SSSR count). The average Bonchev–Trinajstić information content (AvgIpc) is 3.52. The summed E-state index contributed by atoms with van der Waals surface area (Å²) < 4.78 is 35.7. The molecule has 4 aromatic rings. The van der Waals surface area contributed by atoms with Gasteiger partial charge < -0.3 is 25.0 Å². The van der Waals surface area contributed by atoms with Crippen LogP contribution in [0, 0.1) is 6.92 Å². The maximum Gasteiger partial charge on any atom is 0.309 e. The van der Waals surface area contributed by atoms with Crippen LogP contribution in [0.4, 0.5) is 20.4 Å². The molecule has 0 radical (unpaired) electrons. The van der Waals surface area contributed by atoms with Crippen LogP contribution in [0.3, 0.4) is 0 Å². The lowest BCUT2D eigenvalue weighted by Gasteiger charge is -2.22. The van der Waals surface area contributed by atoms with Crippen LogP contribution in [0.25, 0.3) is 22.8 Å². The number of anilines is 2. The molecule has 3 N–H and O–H groups in total. The van der Waals surface area contributed by atoms with E-state index in [-0.39, 0.29) is 17.3 Å². The van der Waals surface area contributed by atoms with Crippen LogP contribution in [0.2, 0.25) is 0 Å². The zero-order chi connectivity index (χ0) is 28.2. The summed E-state index contributed by atoms with van der Waals surface area (Å²) >= 11 is 0. The molecule has 1 aliphatic heterocycles. The van der Waals surface area contributed by atoms with E-state index in [9.17, 15) is 23.8 Å². The minimum atomic E-state index is -3.77. The van der Waals surface area contributed by atoms with E-state index in [1.807, 2.05) is 6.92 Å². The Hall–Kier alpha value is -4.30. The molecule has 0 unspecified atom stereocenters. The summed E-state index contributed by atoms with van der Waals surface area (Å²) in [5, 5.41) is 31.9. The van der Waals surface area contributed by atoms with Gasteiger partial charge in [-0.3, -0.25) is 9.48 Å². The molecule has 204 valence electrons. The van der Waals surface area contributed by atoms with Gasteiger partial charge in [-0.1, -0.05) is 11.2 Å². The normalized spacial score (nSPS) is 19.1. The van der Waals surface area contributed by atoms with Crippen LogP contribution in [-0.2, 0) is 16.9 Å². The molecule has 1 amide bonds. The quantitative estimate of drug-likeness (QED) is 0.318. The van der Waals surface area contributed by atoms with Gasteiger partial charge in [0.25, 0.3) is 11.5 Å². The number of hydrogen-bond donors (Lipinski definition) is 3. The van der Waals surface area contributed by atoms with Gasteiger partial charge in [-0.25, -0.2) is 23.7 Å². The largest absolute Gasteiger partial charge is 0.389 e. The second kappa shape index (κ2) is 9.17. The fraction of sp³-hybridized carbons (Fsp3) is 0.360. The van der Waals surface area contributed by atoms with Gasteiger partial charge in [-0.05, 0) is 39.0 Å². The molecular formula is C25H26F2N8O4. The number of carbonyl (C=O) groups excluding carboxylic acids is 1. The molecule has 0 aromatic carbocycles. The van der Waals surface area contributed by atoms with E-state index >= 15 is 0 Å². The Morgan fingerprint density at radius 2 is 1.85 bits per heavy atom. The minimum absolute atomic E-state index is 0.0562. The first-order valence-electron chi connectivity index (χ1n) is 11.9. The summed E-state index contributed by atoms with van der Waals surface area (Å²) in [4.78, 5) is 26.3. The van der Waals surface area contributed by atoms with Gasteiger partial charge >= 0.3 is 5.92 Å². The van der Waals surface area contributed by atoms with E-state index in [2.05, 4.69) is 30.5 Å². The maximum atomic E-state index is 14.5. The number of alkyl halides is 2. The van der Waals surface area contributed by atoms with E-state index in [1.165, 1.54) is 7.05 Å². The Morgan fingerprint density at radius 3 is 2.51 bits per heavy atom. The van der Waals surface area contributed by atoms with Crippen molar-refractivity contribution in [1.82, 2.24) is 34.8 Å². The van der Waals surface area contributed by atoms with Crippen molar-refractivity contribution in [1.29, 1.82) is 0 Å². The molecule has 14 heteroatoms. The van der Waals surface area contributed by atoms with Crippen LogP contribution in [0.1, 0.15) is 25.3 Å². The molecule has 0 bridgehead atoms. The van der Waals surface area contributed by atoms with Crippen molar-refractivity contribution in [3.05, 3.63) is 54.2 Å². The van der Waals surface area contributed by atoms with Crippen LogP contribution >= 0.6 is 0 Å². The molecule has 1 fully saturated rings. The second-order valence-corrected chi connectivity index (χ2v) is 10.1. The highest BCUT2D eigenvalue weighted by Crippen LogP contribution is 2.45. The number of halogens is 2. The Labute approximate surface area is 221 Å². The molecule has 5 heterocycles. The Morgan fingerprint density at radius 1 is 1.15 bits per heavy atom. The van der Waals surface area contributed by atoms with Gasteiger partial charge in [0.1, 0.15) is 5.69 Å². The van der Waals surface area contributed by atoms with E-state index in [0.717, 1.165) is 11.0 Å². The third-order valence-electron chi connectivity index (χ3n) is 6.16. The molecule has 4 aromatic heterocycles. The molecule has 1 atom stereocenters. The number of aryl methyl sites for hydroxylation is 1. The Kier molecular flexibility index (Phi) is 6.18. The average molecular weight is 541 g/mol. The summed E-state index contributed by atoms with van der Waals surface area (Å²) in [6, 6.07) is 7.67.